The number of carbonyl (C=O) groups excluding carboxylic acids is 2. The Morgan fingerprint density at radius 2 is 1.31 bits per heavy atom. The van der Waals surface area contributed by atoms with Crippen LogP contribution in [0.3, 0.4) is 0 Å². The summed E-state index contributed by atoms with van der Waals surface area (Å²) in [7, 11) is 0. The predicted octanol–water partition coefficient (Wildman–Crippen LogP) is 7.28. The van der Waals surface area contributed by atoms with E-state index in [-0.39, 0.29) is 10.9 Å². The predicted molar refractivity (Wildman–Crippen MR) is 124 cm³/mol. The molecular weight excluding hydrogens is 416 g/mol. The Labute approximate surface area is 179 Å². The first-order valence-corrected chi connectivity index (χ1v) is 11.5. The van der Waals surface area contributed by atoms with Crippen molar-refractivity contribution in [3.63, 3.8) is 0 Å². The fourth-order valence-corrected chi connectivity index (χ4v) is 7.23. The smallest absolute Gasteiger partial charge is 0.224 e. The quantitative estimate of drug-likeness (QED) is 0.222. The Morgan fingerprint density at radius 1 is 0.690 bits per heavy atom. The molecule has 5 aromatic rings. The lowest BCUT2D eigenvalue weighted by atomic mass is 10.0. The minimum Gasteiger partial charge on any atom is -0.289 e. The van der Waals surface area contributed by atoms with E-state index in [1.54, 1.807) is 23.5 Å². The molecule has 2 heterocycles. The third kappa shape index (κ3) is 3.31. The monoisotopic (exact) mass is 430 g/mol. The van der Waals surface area contributed by atoms with Gasteiger partial charge in [-0.15, -0.1) is 22.7 Å². The maximum Gasteiger partial charge on any atom is 0.224 e. The lowest BCUT2D eigenvalue weighted by Crippen LogP contribution is -2.02. The van der Waals surface area contributed by atoms with Crippen molar-refractivity contribution in [2.24, 2.45) is 0 Å². The summed E-state index contributed by atoms with van der Waals surface area (Å²) in [6.07, 6.45) is 0. The molecule has 0 radical (unpaired) electrons. The normalized spacial score (nSPS) is 11.2. The Bertz CT molecular complexity index is 1350. The van der Waals surface area contributed by atoms with Gasteiger partial charge in [-0.3, -0.25) is 9.59 Å². The van der Waals surface area contributed by atoms with E-state index in [9.17, 15) is 9.59 Å². The summed E-state index contributed by atoms with van der Waals surface area (Å²) in [5.74, 6) is -0.0382. The van der Waals surface area contributed by atoms with Gasteiger partial charge in [0.25, 0.3) is 0 Å². The van der Waals surface area contributed by atoms with Gasteiger partial charge in [0.15, 0.2) is 5.78 Å². The summed E-state index contributed by atoms with van der Waals surface area (Å²) in [6.45, 7) is 0. The van der Waals surface area contributed by atoms with E-state index in [1.165, 1.54) is 11.3 Å². The minimum absolute atomic E-state index is 0.0382. The minimum atomic E-state index is -0.0501. The average molecular weight is 431 g/mol. The highest BCUT2D eigenvalue weighted by Crippen LogP contribution is 2.47. The third-order valence-electron chi connectivity index (χ3n) is 4.66. The fraction of sp³-hybridized carbons (Fsp3) is 0. The molecule has 0 N–H and O–H groups in total. The summed E-state index contributed by atoms with van der Waals surface area (Å²) in [4.78, 5) is 26.3. The van der Waals surface area contributed by atoms with Crippen LogP contribution in [0.5, 0.6) is 0 Å². The van der Waals surface area contributed by atoms with Gasteiger partial charge in [0.2, 0.25) is 5.12 Å². The SMILES string of the molecule is O=C(Sc1sc2sc3ccccc3c2c1C(=O)c1ccccc1)c1ccccc1. The van der Waals surface area contributed by atoms with Crippen LogP contribution in [0.2, 0.25) is 0 Å². The number of ketones is 1. The number of benzene rings is 3. The molecule has 2 nitrogen and oxygen atoms in total. The zero-order chi connectivity index (χ0) is 19.8. The molecule has 0 amide bonds. The van der Waals surface area contributed by atoms with Crippen molar-refractivity contribution in [2.75, 3.05) is 0 Å². The molecule has 29 heavy (non-hydrogen) atoms. The van der Waals surface area contributed by atoms with E-state index >= 15 is 0 Å². The van der Waals surface area contributed by atoms with Crippen LogP contribution in [0, 0.1) is 0 Å². The molecule has 0 unspecified atom stereocenters. The van der Waals surface area contributed by atoms with E-state index < -0.39 is 0 Å². The number of thiophene rings is 2. The summed E-state index contributed by atoms with van der Waals surface area (Å²) in [5.41, 5.74) is 1.91. The van der Waals surface area contributed by atoms with Crippen LogP contribution < -0.4 is 0 Å². The van der Waals surface area contributed by atoms with E-state index in [0.29, 0.717) is 16.7 Å². The molecule has 140 valence electrons. The van der Waals surface area contributed by atoms with Crippen molar-refractivity contribution < 1.29 is 9.59 Å². The van der Waals surface area contributed by atoms with Crippen LogP contribution in [0.15, 0.2) is 89.1 Å². The van der Waals surface area contributed by atoms with Crippen molar-refractivity contribution in [2.45, 2.75) is 4.21 Å². The fourth-order valence-electron chi connectivity index (χ4n) is 3.30. The first-order chi connectivity index (χ1) is 14.2. The Hall–Kier alpha value is -2.73. The Balaban J connectivity index is 1.69. The van der Waals surface area contributed by atoms with Crippen molar-refractivity contribution in [1.29, 1.82) is 0 Å². The van der Waals surface area contributed by atoms with Crippen LogP contribution >= 0.6 is 34.4 Å². The van der Waals surface area contributed by atoms with Gasteiger partial charge in [-0.25, -0.2) is 0 Å². The lowest BCUT2D eigenvalue weighted by molar-refractivity contribution is 0.103. The summed E-state index contributed by atoms with van der Waals surface area (Å²) in [5, 5.41) is 1.99. The Kier molecular flexibility index (Phi) is 4.79. The highest BCUT2D eigenvalue weighted by atomic mass is 32.2. The van der Waals surface area contributed by atoms with Gasteiger partial charge >= 0.3 is 0 Å². The number of hydrogen-bond acceptors (Lipinski definition) is 5. The molecule has 0 bridgehead atoms. The second-order valence-electron chi connectivity index (χ2n) is 6.48. The van der Waals surface area contributed by atoms with E-state index in [2.05, 4.69) is 12.1 Å². The van der Waals surface area contributed by atoms with Crippen LogP contribution in [-0.4, -0.2) is 10.9 Å². The van der Waals surface area contributed by atoms with Gasteiger partial charge in [-0.1, -0.05) is 78.9 Å². The number of rotatable bonds is 4. The number of thioether (sulfide) groups is 1. The van der Waals surface area contributed by atoms with Crippen LogP contribution in [0.4, 0.5) is 0 Å². The van der Waals surface area contributed by atoms with Gasteiger partial charge in [-0.2, -0.15) is 0 Å². The molecule has 0 aliphatic heterocycles. The molecule has 3 aromatic carbocycles. The second kappa shape index (κ2) is 7.59. The highest BCUT2D eigenvalue weighted by molar-refractivity contribution is 8.15. The van der Waals surface area contributed by atoms with Crippen molar-refractivity contribution in [3.05, 3.63) is 102 Å². The molecule has 5 rings (SSSR count). The van der Waals surface area contributed by atoms with Gasteiger partial charge in [0.05, 0.1) is 13.8 Å². The second-order valence-corrected chi connectivity index (χ2v) is 10.0. The first kappa shape index (κ1) is 18.3. The van der Waals surface area contributed by atoms with Gasteiger partial charge in [0, 0.05) is 26.6 Å². The maximum absolute atomic E-state index is 13.5. The molecule has 0 saturated carbocycles. The van der Waals surface area contributed by atoms with Gasteiger partial charge in [-0.05, 0) is 17.8 Å². The molecule has 0 aliphatic rings. The maximum atomic E-state index is 13.5. The lowest BCUT2D eigenvalue weighted by Gasteiger charge is -2.05. The largest absolute Gasteiger partial charge is 0.289 e. The van der Waals surface area contributed by atoms with Crippen molar-refractivity contribution >= 4 is 64.8 Å². The average Bonchev–Trinajstić information content (AvgIpc) is 3.30. The van der Waals surface area contributed by atoms with E-state index in [4.69, 9.17) is 0 Å². The molecule has 0 spiro atoms. The number of fused-ring (bicyclic) bond motifs is 3. The molecule has 2 aromatic heterocycles. The summed E-state index contributed by atoms with van der Waals surface area (Å²) < 4.78 is 3.00. The zero-order valence-corrected chi connectivity index (χ0v) is 17.6. The van der Waals surface area contributed by atoms with Crippen LogP contribution in [0.25, 0.3) is 19.5 Å². The molecule has 0 atom stereocenters. The number of hydrogen-bond donors (Lipinski definition) is 0. The van der Waals surface area contributed by atoms with E-state index in [1.807, 2.05) is 60.7 Å². The van der Waals surface area contributed by atoms with Gasteiger partial charge < -0.3 is 0 Å². The first-order valence-electron chi connectivity index (χ1n) is 9.03. The summed E-state index contributed by atoms with van der Waals surface area (Å²) in [6, 6.07) is 26.6. The van der Waals surface area contributed by atoms with E-state index in [0.717, 1.165) is 35.5 Å². The zero-order valence-electron chi connectivity index (χ0n) is 15.1. The standard InChI is InChI=1S/C24H14O2S3/c25-21(15-9-3-1-4-10-15)20-19-17-13-7-8-14-18(17)27-23(19)29-24(20)28-22(26)16-11-5-2-6-12-16/h1-14H. The van der Waals surface area contributed by atoms with Crippen molar-refractivity contribution in [1.82, 2.24) is 0 Å². The third-order valence-corrected chi connectivity index (χ3v) is 8.22. The van der Waals surface area contributed by atoms with Gasteiger partial charge in [0.1, 0.15) is 0 Å². The number of carbonyl (C=O) groups is 2. The molecule has 0 fully saturated rings. The molecule has 5 heteroatoms. The van der Waals surface area contributed by atoms with Crippen LogP contribution in [-0.2, 0) is 0 Å². The van der Waals surface area contributed by atoms with Crippen molar-refractivity contribution in [3.8, 4) is 0 Å². The highest BCUT2D eigenvalue weighted by Gasteiger charge is 2.25. The van der Waals surface area contributed by atoms with Crippen LogP contribution in [0.1, 0.15) is 26.3 Å². The molecular formula is C24H14O2S3. The molecule has 0 saturated heterocycles. The summed E-state index contributed by atoms with van der Waals surface area (Å²) >= 11 is 4.36. The molecule has 0 aliphatic carbocycles. The topological polar surface area (TPSA) is 34.1 Å². The Morgan fingerprint density at radius 3 is 2.03 bits per heavy atom.